The number of rotatable bonds is 15. The van der Waals surface area contributed by atoms with Crippen LogP contribution in [0.5, 0.6) is 0 Å². The van der Waals surface area contributed by atoms with Gasteiger partial charge in [-0.25, -0.2) is 13.2 Å². The smallest absolute Gasteiger partial charge is 0.416 e. The summed E-state index contributed by atoms with van der Waals surface area (Å²) in [7, 11) is -2.31. The normalized spacial score (nSPS) is 25.8. The summed E-state index contributed by atoms with van der Waals surface area (Å²) in [6.07, 6.45) is 2.30. The number of piperidine rings is 1. The zero-order valence-electron chi connectivity index (χ0n) is 29.4. The van der Waals surface area contributed by atoms with Gasteiger partial charge in [0.15, 0.2) is 0 Å². The number of hydrogen-bond donors (Lipinski definition) is 3. The second-order valence-electron chi connectivity index (χ2n) is 14.3. The molecule has 3 aliphatic carbocycles. The Morgan fingerprint density at radius 3 is 2.37 bits per heavy atom. The van der Waals surface area contributed by atoms with Crippen LogP contribution in [0.25, 0.3) is 0 Å². The molecular weight excluding hydrogens is 703 g/mol. The fraction of sp³-hybridized carbons (Fsp3) is 0.611. The Hall–Kier alpha value is -4.08. The number of alkyl halides is 3. The molecule has 1 aromatic rings. The lowest BCUT2D eigenvalue weighted by atomic mass is 9.93. The number of ether oxygens (including phenoxy) is 1. The zero-order valence-corrected chi connectivity index (χ0v) is 30.2. The van der Waals surface area contributed by atoms with Gasteiger partial charge in [-0.1, -0.05) is 12.2 Å². The number of halogens is 3. The standard InChI is InChI=1S/C36H48F3N5O7S/c1-4-6-7-9-16-43(3)32(46)28-21-25(20-27(28)31(45)41-35(22-23(35)5-2)33(47)42-52(49,50)26-13-14-26)51-34(48)40-29-19-24(36(37,38)39)12-15-30(29)44-17-10-8-11-18-44/h4-5,12,15,19,23,25-28H,1-2,6-11,13-14,16-18,20-22H2,3H3,(H,40,48)(H,41,45)(H,42,47). The first kappa shape index (κ1) is 39.1. The summed E-state index contributed by atoms with van der Waals surface area (Å²) in [5.74, 6) is -4.51. The highest BCUT2D eigenvalue weighted by molar-refractivity contribution is 7.91. The first-order chi connectivity index (χ1) is 24.6. The van der Waals surface area contributed by atoms with Crippen molar-refractivity contribution in [3.05, 3.63) is 49.1 Å². The van der Waals surface area contributed by atoms with Crippen molar-refractivity contribution in [2.45, 2.75) is 93.7 Å². The Bertz CT molecular complexity index is 1660. The lowest BCUT2D eigenvalue weighted by Crippen LogP contribution is -2.54. The third kappa shape index (κ3) is 9.10. The first-order valence-electron chi connectivity index (χ1n) is 17.9. The van der Waals surface area contributed by atoms with Crippen LogP contribution >= 0.6 is 0 Å². The summed E-state index contributed by atoms with van der Waals surface area (Å²) < 4.78 is 73.9. The van der Waals surface area contributed by atoms with Crippen LogP contribution in [-0.4, -0.2) is 80.7 Å². The Balaban J connectivity index is 1.33. The molecule has 5 rings (SSSR count). The number of unbranched alkanes of at least 4 members (excludes halogenated alkanes) is 2. The number of anilines is 2. The molecule has 286 valence electrons. The summed E-state index contributed by atoms with van der Waals surface area (Å²) in [4.78, 5) is 57.8. The fourth-order valence-electron chi connectivity index (χ4n) is 7.22. The summed E-state index contributed by atoms with van der Waals surface area (Å²) in [6.45, 7) is 9.03. The lowest BCUT2D eigenvalue weighted by Gasteiger charge is -2.31. The van der Waals surface area contributed by atoms with Crippen LogP contribution in [0.15, 0.2) is 43.5 Å². The molecule has 3 N–H and O–H groups in total. The molecule has 5 unspecified atom stereocenters. The highest BCUT2D eigenvalue weighted by Gasteiger charge is 2.62. The molecule has 12 nitrogen and oxygen atoms in total. The van der Waals surface area contributed by atoms with Gasteiger partial charge in [-0.3, -0.25) is 24.4 Å². The maximum Gasteiger partial charge on any atom is 0.416 e. The van der Waals surface area contributed by atoms with E-state index in [0.29, 0.717) is 44.6 Å². The third-order valence-electron chi connectivity index (χ3n) is 10.5. The van der Waals surface area contributed by atoms with E-state index >= 15 is 0 Å². The summed E-state index contributed by atoms with van der Waals surface area (Å²) in [5.41, 5.74) is -2.16. The van der Waals surface area contributed by atoms with E-state index in [1.165, 1.54) is 17.0 Å². The van der Waals surface area contributed by atoms with E-state index < -0.39 is 74.3 Å². The van der Waals surface area contributed by atoms with Crippen molar-refractivity contribution in [1.29, 1.82) is 0 Å². The van der Waals surface area contributed by atoms with E-state index in [0.717, 1.165) is 44.2 Å². The minimum Gasteiger partial charge on any atom is -0.446 e. The largest absolute Gasteiger partial charge is 0.446 e. The molecule has 5 atom stereocenters. The fourth-order valence-corrected chi connectivity index (χ4v) is 8.59. The van der Waals surface area contributed by atoms with Crippen molar-refractivity contribution in [3.8, 4) is 0 Å². The second-order valence-corrected chi connectivity index (χ2v) is 16.3. The van der Waals surface area contributed by atoms with Gasteiger partial charge in [0.1, 0.15) is 11.6 Å². The minimum absolute atomic E-state index is 0.0525. The molecule has 0 radical (unpaired) electrons. The number of hydrogen-bond acceptors (Lipinski definition) is 8. The van der Waals surface area contributed by atoms with E-state index in [1.807, 2.05) is 4.90 Å². The molecule has 1 aliphatic heterocycles. The molecule has 1 aromatic carbocycles. The van der Waals surface area contributed by atoms with Gasteiger partial charge >= 0.3 is 12.3 Å². The molecule has 52 heavy (non-hydrogen) atoms. The third-order valence-corrected chi connectivity index (χ3v) is 12.3. The first-order valence-corrected chi connectivity index (χ1v) is 19.4. The lowest BCUT2D eigenvalue weighted by molar-refractivity contribution is -0.140. The van der Waals surface area contributed by atoms with Crippen molar-refractivity contribution in [2.24, 2.45) is 17.8 Å². The number of carbonyl (C=O) groups excluding carboxylic acids is 4. The van der Waals surface area contributed by atoms with Gasteiger partial charge in [-0.2, -0.15) is 13.2 Å². The zero-order chi connectivity index (χ0) is 37.8. The Morgan fingerprint density at radius 2 is 1.75 bits per heavy atom. The average molecular weight is 752 g/mol. The van der Waals surface area contributed by atoms with Crippen molar-refractivity contribution in [3.63, 3.8) is 0 Å². The number of nitrogens with zero attached hydrogens (tertiary/aromatic N) is 2. The number of nitrogens with one attached hydrogen (secondary N) is 3. The molecular formula is C36H48F3N5O7S. The van der Waals surface area contributed by atoms with Crippen molar-refractivity contribution in [2.75, 3.05) is 36.9 Å². The predicted molar refractivity (Wildman–Crippen MR) is 189 cm³/mol. The Morgan fingerprint density at radius 1 is 1.06 bits per heavy atom. The van der Waals surface area contributed by atoms with Crippen molar-refractivity contribution < 1.29 is 45.5 Å². The van der Waals surface area contributed by atoms with Crippen LogP contribution in [0.2, 0.25) is 0 Å². The van der Waals surface area contributed by atoms with Gasteiger partial charge in [-0.15, -0.1) is 13.2 Å². The number of allylic oxidation sites excluding steroid dienone is 1. The van der Waals surface area contributed by atoms with Crippen LogP contribution in [0.3, 0.4) is 0 Å². The van der Waals surface area contributed by atoms with Crippen molar-refractivity contribution >= 4 is 45.2 Å². The monoisotopic (exact) mass is 751 g/mol. The Labute approximate surface area is 302 Å². The van der Waals surface area contributed by atoms with Gasteiger partial charge in [0.05, 0.1) is 34.0 Å². The molecule has 1 heterocycles. The van der Waals surface area contributed by atoms with Gasteiger partial charge < -0.3 is 19.9 Å². The van der Waals surface area contributed by atoms with Crippen LogP contribution in [0.1, 0.15) is 76.2 Å². The molecule has 0 spiro atoms. The van der Waals surface area contributed by atoms with E-state index in [-0.39, 0.29) is 30.9 Å². The van der Waals surface area contributed by atoms with Crippen LogP contribution in [0.4, 0.5) is 29.3 Å². The van der Waals surface area contributed by atoms with Crippen LogP contribution in [0, 0.1) is 17.8 Å². The van der Waals surface area contributed by atoms with E-state index in [4.69, 9.17) is 4.74 Å². The van der Waals surface area contributed by atoms with Crippen molar-refractivity contribution in [1.82, 2.24) is 14.9 Å². The molecule has 4 amide bonds. The van der Waals surface area contributed by atoms with E-state index in [1.54, 1.807) is 13.1 Å². The second kappa shape index (κ2) is 15.9. The number of sulfonamides is 1. The molecule has 4 aliphatic rings. The van der Waals surface area contributed by atoms with Gasteiger partial charge in [-0.05, 0) is 88.8 Å². The topological polar surface area (TPSA) is 154 Å². The van der Waals surface area contributed by atoms with E-state index in [2.05, 4.69) is 28.5 Å². The van der Waals surface area contributed by atoms with E-state index in [9.17, 15) is 40.8 Å². The van der Waals surface area contributed by atoms with Crippen LogP contribution in [-0.2, 0) is 35.3 Å². The summed E-state index contributed by atoms with van der Waals surface area (Å²) in [6, 6.07) is 3.16. The van der Waals surface area contributed by atoms with Gasteiger partial charge in [0, 0.05) is 32.6 Å². The van der Waals surface area contributed by atoms with Gasteiger partial charge in [0.2, 0.25) is 21.8 Å². The molecule has 0 bridgehead atoms. The number of benzene rings is 1. The quantitative estimate of drug-likeness (QED) is 0.165. The Kier molecular flexibility index (Phi) is 12.0. The average Bonchev–Trinajstić information content (AvgIpc) is 4.03. The molecule has 4 fully saturated rings. The minimum atomic E-state index is -4.65. The highest BCUT2D eigenvalue weighted by atomic mass is 32.2. The molecule has 1 saturated heterocycles. The molecule has 16 heteroatoms. The summed E-state index contributed by atoms with van der Waals surface area (Å²) in [5, 5.41) is 4.53. The van der Waals surface area contributed by atoms with Gasteiger partial charge in [0.25, 0.3) is 5.91 Å². The number of amides is 4. The summed E-state index contributed by atoms with van der Waals surface area (Å²) >= 11 is 0. The molecule has 3 saturated carbocycles. The maximum atomic E-state index is 14.0. The number of carbonyl (C=O) groups is 4. The molecule has 0 aromatic heterocycles. The highest BCUT2D eigenvalue weighted by Crippen LogP contribution is 2.46. The van der Waals surface area contributed by atoms with Crippen LogP contribution < -0.4 is 20.3 Å². The maximum absolute atomic E-state index is 14.0. The SMILES string of the molecule is C=CCCCCN(C)C(=O)C1CC(OC(=O)Nc2cc(C(F)(F)F)ccc2N2CCCCC2)CC1C(=O)NC1(C(=O)NS(=O)(=O)C2CC2)CC1C=C. The predicted octanol–water partition coefficient (Wildman–Crippen LogP) is 5.12.